The average molecular weight is 268 g/mol. The lowest BCUT2D eigenvalue weighted by atomic mass is 9.88. The van der Waals surface area contributed by atoms with Crippen molar-refractivity contribution in [3.63, 3.8) is 0 Å². The highest BCUT2D eigenvalue weighted by Crippen LogP contribution is 2.21. The molecular formula is C16H26ClN. The summed E-state index contributed by atoms with van der Waals surface area (Å²) in [7, 11) is 2.04. The summed E-state index contributed by atoms with van der Waals surface area (Å²) in [6.07, 6.45) is 5.07. The van der Waals surface area contributed by atoms with Gasteiger partial charge in [0.25, 0.3) is 0 Å². The molecule has 2 heteroatoms. The van der Waals surface area contributed by atoms with Crippen LogP contribution < -0.4 is 5.32 Å². The van der Waals surface area contributed by atoms with Crippen LogP contribution in [-0.4, -0.2) is 13.6 Å². The fourth-order valence-electron chi connectivity index (χ4n) is 2.66. The van der Waals surface area contributed by atoms with Crippen molar-refractivity contribution >= 4 is 11.6 Å². The van der Waals surface area contributed by atoms with Gasteiger partial charge in [0, 0.05) is 5.02 Å². The van der Waals surface area contributed by atoms with Crippen LogP contribution in [0.15, 0.2) is 24.3 Å². The van der Waals surface area contributed by atoms with E-state index in [-0.39, 0.29) is 0 Å². The van der Waals surface area contributed by atoms with Gasteiger partial charge in [-0.2, -0.15) is 0 Å². The Hall–Kier alpha value is -0.530. The van der Waals surface area contributed by atoms with Crippen LogP contribution in [0.5, 0.6) is 0 Å². The van der Waals surface area contributed by atoms with Gasteiger partial charge < -0.3 is 5.32 Å². The molecular weight excluding hydrogens is 242 g/mol. The lowest BCUT2D eigenvalue weighted by molar-refractivity contribution is 0.361. The Balaban J connectivity index is 2.53. The molecule has 2 unspecified atom stereocenters. The highest BCUT2D eigenvalue weighted by Gasteiger charge is 2.13. The summed E-state index contributed by atoms with van der Waals surface area (Å²) in [6.45, 7) is 5.73. The van der Waals surface area contributed by atoms with Crippen LogP contribution in [0.3, 0.4) is 0 Å². The topological polar surface area (TPSA) is 12.0 Å². The highest BCUT2D eigenvalue weighted by molar-refractivity contribution is 6.30. The molecule has 0 spiro atoms. The van der Waals surface area contributed by atoms with Crippen molar-refractivity contribution < 1.29 is 0 Å². The Morgan fingerprint density at radius 3 is 2.44 bits per heavy atom. The van der Waals surface area contributed by atoms with Crippen LogP contribution in [0.4, 0.5) is 0 Å². The van der Waals surface area contributed by atoms with Gasteiger partial charge in [-0.25, -0.2) is 0 Å². The van der Waals surface area contributed by atoms with Crippen LogP contribution in [0, 0.1) is 11.8 Å². The summed E-state index contributed by atoms with van der Waals surface area (Å²) in [5.74, 6) is 1.54. The molecule has 18 heavy (non-hydrogen) atoms. The van der Waals surface area contributed by atoms with Gasteiger partial charge >= 0.3 is 0 Å². The molecule has 0 amide bonds. The molecule has 1 nitrogen and oxygen atoms in total. The summed E-state index contributed by atoms with van der Waals surface area (Å²) in [6, 6.07) is 8.27. The van der Waals surface area contributed by atoms with Gasteiger partial charge in [-0.3, -0.25) is 0 Å². The zero-order valence-corrected chi connectivity index (χ0v) is 12.6. The first-order valence-electron chi connectivity index (χ1n) is 7.04. The zero-order chi connectivity index (χ0) is 13.4. The molecule has 0 bridgehead atoms. The molecule has 0 aliphatic carbocycles. The van der Waals surface area contributed by atoms with E-state index >= 15 is 0 Å². The predicted molar refractivity (Wildman–Crippen MR) is 81.3 cm³/mol. The third-order valence-electron chi connectivity index (χ3n) is 3.45. The lowest BCUT2D eigenvalue weighted by Crippen LogP contribution is -2.22. The third-order valence-corrected chi connectivity index (χ3v) is 3.70. The van der Waals surface area contributed by atoms with E-state index < -0.39 is 0 Å². The molecule has 0 fully saturated rings. The third kappa shape index (κ3) is 5.88. The fourth-order valence-corrected chi connectivity index (χ4v) is 2.79. The van der Waals surface area contributed by atoms with E-state index in [1.807, 2.05) is 19.2 Å². The Morgan fingerprint density at radius 1 is 1.22 bits per heavy atom. The van der Waals surface area contributed by atoms with E-state index in [1.54, 1.807) is 0 Å². The summed E-state index contributed by atoms with van der Waals surface area (Å²) < 4.78 is 0. The van der Waals surface area contributed by atoms with Crippen molar-refractivity contribution in [3.8, 4) is 0 Å². The summed E-state index contributed by atoms with van der Waals surface area (Å²) >= 11 is 5.92. The van der Waals surface area contributed by atoms with Gasteiger partial charge in [0.15, 0.2) is 0 Å². The van der Waals surface area contributed by atoms with E-state index in [0.29, 0.717) is 0 Å². The molecule has 2 atom stereocenters. The second-order valence-electron chi connectivity index (χ2n) is 5.38. The molecule has 0 aliphatic rings. The number of nitrogens with one attached hydrogen (secondary N) is 1. The van der Waals surface area contributed by atoms with Gasteiger partial charge in [-0.15, -0.1) is 0 Å². The van der Waals surface area contributed by atoms with Crippen LogP contribution in [0.25, 0.3) is 0 Å². The van der Waals surface area contributed by atoms with E-state index in [9.17, 15) is 0 Å². The van der Waals surface area contributed by atoms with E-state index in [1.165, 1.54) is 24.8 Å². The first kappa shape index (κ1) is 15.5. The van der Waals surface area contributed by atoms with Crippen LogP contribution in [0.1, 0.15) is 38.7 Å². The molecule has 1 N–H and O–H groups in total. The minimum atomic E-state index is 0.720. The number of benzene rings is 1. The number of hydrogen-bond acceptors (Lipinski definition) is 1. The molecule has 1 aromatic carbocycles. The Kier molecular flexibility index (Phi) is 7.38. The number of rotatable bonds is 8. The number of hydrogen-bond donors (Lipinski definition) is 1. The lowest BCUT2D eigenvalue weighted by Gasteiger charge is -2.20. The fraction of sp³-hybridized carbons (Fsp3) is 0.625. The van der Waals surface area contributed by atoms with Gasteiger partial charge in [0.05, 0.1) is 0 Å². The van der Waals surface area contributed by atoms with Gasteiger partial charge in [-0.1, -0.05) is 50.4 Å². The Morgan fingerprint density at radius 2 is 1.89 bits per heavy atom. The van der Waals surface area contributed by atoms with Crippen LogP contribution in [0.2, 0.25) is 5.02 Å². The van der Waals surface area contributed by atoms with Gasteiger partial charge in [-0.05, 0) is 56.0 Å². The van der Waals surface area contributed by atoms with Crippen LogP contribution >= 0.6 is 11.6 Å². The van der Waals surface area contributed by atoms with Gasteiger partial charge in [0.2, 0.25) is 0 Å². The van der Waals surface area contributed by atoms with E-state index in [2.05, 4.69) is 31.3 Å². The van der Waals surface area contributed by atoms with Crippen molar-refractivity contribution in [2.24, 2.45) is 11.8 Å². The minimum absolute atomic E-state index is 0.720. The molecule has 1 aromatic rings. The smallest absolute Gasteiger partial charge is 0.0406 e. The minimum Gasteiger partial charge on any atom is -0.319 e. The van der Waals surface area contributed by atoms with Crippen molar-refractivity contribution in [3.05, 3.63) is 34.9 Å². The first-order chi connectivity index (χ1) is 8.65. The SMILES string of the molecule is CCCC(C)CC(CNC)Cc1ccc(Cl)cc1. The summed E-state index contributed by atoms with van der Waals surface area (Å²) in [5, 5.41) is 4.14. The van der Waals surface area contributed by atoms with Crippen molar-refractivity contribution in [2.45, 2.75) is 39.5 Å². The second-order valence-corrected chi connectivity index (χ2v) is 5.82. The maximum atomic E-state index is 5.92. The summed E-state index contributed by atoms with van der Waals surface area (Å²) in [4.78, 5) is 0. The highest BCUT2D eigenvalue weighted by atomic mass is 35.5. The zero-order valence-electron chi connectivity index (χ0n) is 11.9. The molecule has 102 valence electrons. The molecule has 0 saturated heterocycles. The van der Waals surface area contributed by atoms with Gasteiger partial charge in [0.1, 0.15) is 0 Å². The molecule has 0 aromatic heterocycles. The van der Waals surface area contributed by atoms with E-state index in [0.717, 1.165) is 29.8 Å². The maximum absolute atomic E-state index is 5.92. The normalized spacial score (nSPS) is 14.4. The van der Waals surface area contributed by atoms with Crippen molar-refractivity contribution in [1.29, 1.82) is 0 Å². The quantitative estimate of drug-likeness (QED) is 0.729. The molecule has 0 aliphatic heterocycles. The van der Waals surface area contributed by atoms with Crippen molar-refractivity contribution in [2.75, 3.05) is 13.6 Å². The Labute approximate surface area is 117 Å². The molecule has 0 saturated carbocycles. The van der Waals surface area contributed by atoms with E-state index in [4.69, 9.17) is 11.6 Å². The second kappa shape index (κ2) is 8.55. The monoisotopic (exact) mass is 267 g/mol. The predicted octanol–water partition coefficient (Wildman–Crippen LogP) is 4.54. The average Bonchev–Trinajstić information content (AvgIpc) is 2.32. The standard InChI is InChI=1S/C16H26ClN/c1-4-5-13(2)10-15(12-18-3)11-14-6-8-16(17)9-7-14/h6-9,13,15,18H,4-5,10-12H2,1-3H3. The van der Waals surface area contributed by atoms with Crippen LogP contribution in [-0.2, 0) is 6.42 Å². The molecule has 1 rings (SSSR count). The molecule has 0 radical (unpaired) electrons. The summed E-state index contributed by atoms with van der Waals surface area (Å²) in [5.41, 5.74) is 1.39. The van der Waals surface area contributed by atoms with Crippen molar-refractivity contribution in [1.82, 2.24) is 5.32 Å². The maximum Gasteiger partial charge on any atom is 0.0406 e. The largest absolute Gasteiger partial charge is 0.319 e. The first-order valence-corrected chi connectivity index (χ1v) is 7.42. The number of halogens is 1. The Bertz CT molecular complexity index is 320. The molecule has 0 heterocycles.